The number of amides is 1. The van der Waals surface area contributed by atoms with E-state index in [4.69, 9.17) is 16.3 Å². The molecule has 2 rings (SSSR count). The van der Waals surface area contributed by atoms with Gasteiger partial charge in [0, 0.05) is 19.1 Å². The van der Waals surface area contributed by atoms with Crippen LogP contribution in [-0.2, 0) is 24.3 Å². The van der Waals surface area contributed by atoms with Crippen molar-refractivity contribution < 1.29 is 27.5 Å². The molecule has 1 atom stereocenters. The zero-order valence-corrected chi connectivity index (χ0v) is 17.7. The van der Waals surface area contributed by atoms with Crippen molar-refractivity contribution in [3.05, 3.63) is 23.2 Å². The molecule has 8 nitrogen and oxygen atoms in total. The number of carbonyl (C=O) groups excluding carboxylic acids is 2. The zero-order valence-electron chi connectivity index (χ0n) is 16.1. The molecule has 0 spiro atoms. The Morgan fingerprint density at radius 2 is 2.07 bits per heavy atom. The van der Waals surface area contributed by atoms with Crippen molar-refractivity contribution in [1.29, 1.82) is 0 Å². The van der Waals surface area contributed by atoms with Gasteiger partial charge in [0.05, 0.1) is 22.9 Å². The van der Waals surface area contributed by atoms with Crippen LogP contribution in [0.4, 0.5) is 0 Å². The predicted octanol–water partition coefficient (Wildman–Crippen LogP) is 1.82. The number of halogens is 1. The lowest BCUT2D eigenvalue weighted by molar-refractivity contribution is -0.142. The molecule has 0 saturated carbocycles. The van der Waals surface area contributed by atoms with Crippen LogP contribution in [0.3, 0.4) is 0 Å². The number of ether oxygens (including phenoxy) is 2. The topological polar surface area (TPSA) is 102 Å². The van der Waals surface area contributed by atoms with E-state index < -0.39 is 16.0 Å². The first kappa shape index (κ1) is 22.4. The van der Waals surface area contributed by atoms with E-state index in [9.17, 15) is 18.0 Å². The van der Waals surface area contributed by atoms with Gasteiger partial charge in [-0.1, -0.05) is 11.6 Å². The van der Waals surface area contributed by atoms with Crippen LogP contribution >= 0.6 is 11.6 Å². The molecule has 1 aromatic carbocycles. The predicted molar refractivity (Wildman–Crippen MR) is 104 cm³/mol. The molecule has 1 saturated heterocycles. The summed E-state index contributed by atoms with van der Waals surface area (Å²) in [6.45, 7) is 3.86. The Morgan fingerprint density at radius 3 is 2.68 bits per heavy atom. The molecule has 1 heterocycles. The van der Waals surface area contributed by atoms with Crippen molar-refractivity contribution >= 4 is 33.5 Å². The van der Waals surface area contributed by atoms with E-state index in [2.05, 4.69) is 10.1 Å². The monoisotopic (exact) mass is 432 g/mol. The summed E-state index contributed by atoms with van der Waals surface area (Å²) in [6, 6.07) is 4.04. The third-order valence-electron chi connectivity index (χ3n) is 4.30. The Kier molecular flexibility index (Phi) is 7.68. The third-order valence-corrected chi connectivity index (χ3v) is 6.46. The van der Waals surface area contributed by atoms with Crippen molar-refractivity contribution in [2.75, 3.05) is 26.8 Å². The van der Waals surface area contributed by atoms with Gasteiger partial charge in [0.15, 0.2) is 6.61 Å². The molecule has 0 aromatic heterocycles. The van der Waals surface area contributed by atoms with E-state index in [1.165, 1.54) is 29.6 Å². The molecular weight excluding hydrogens is 408 g/mol. The van der Waals surface area contributed by atoms with Crippen LogP contribution < -0.4 is 10.1 Å². The highest BCUT2D eigenvalue weighted by atomic mass is 35.5. The summed E-state index contributed by atoms with van der Waals surface area (Å²) < 4.78 is 37.0. The molecule has 1 aromatic rings. The van der Waals surface area contributed by atoms with Crippen LogP contribution in [0.2, 0.25) is 5.02 Å². The first-order valence-corrected chi connectivity index (χ1v) is 10.8. The molecule has 1 unspecified atom stereocenters. The summed E-state index contributed by atoms with van der Waals surface area (Å²) in [5.41, 5.74) is 0. The maximum absolute atomic E-state index is 13.0. The zero-order chi connectivity index (χ0) is 20.9. The van der Waals surface area contributed by atoms with Crippen molar-refractivity contribution in [2.24, 2.45) is 5.92 Å². The van der Waals surface area contributed by atoms with Crippen LogP contribution in [0.25, 0.3) is 0 Å². The Hall–Kier alpha value is -1.84. The summed E-state index contributed by atoms with van der Waals surface area (Å²) in [5, 5.41) is 2.90. The fraction of sp³-hybridized carbons (Fsp3) is 0.556. The molecule has 0 radical (unpaired) electrons. The van der Waals surface area contributed by atoms with Gasteiger partial charge in [0.1, 0.15) is 5.75 Å². The van der Waals surface area contributed by atoms with Gasteiger partial charge in [-0.25, -0.2) is 13.2 Å². The summed E-state index contributed by atoms with van der Waals surface area (Å²) in [5.74, 6) is -0.922. The normalized spacial score (nSPS) is 18.0. The van der Waals surface area contributed by atoms with Crippen LogP contribution in [-0.4, -0.2) is 57.4 Å². The van der Waals surface area contributed by atoms with Crippen molar-refractivity contribution in [2.45, 2.75) is 37.6 Å². The number of piperidine rings is 1. The van der Waals surface area contributed by atoms with Gasteiger partial charge in [-0.3, -0.25) is 4.79 Å². The second kappa shape index (κ2) is 9.58. The van der Waals surface area contributed by atoms with Gasteiger partial charge >= 0.3 is 5.97 Å². The number of methoxy groups -OCH3 is 1. The second-order valence-corrected chi connectivity index (χ2v) is 9.17. The Morgan fingerprint density at radius 1 is 1.36 bits per heavy atom. The largest absolute Gasteiger partial charge is 0.480 e. The van der Waals surface area contributed by atoms with E-state index in [1.54, 1.807) is 0 Å². The number of benzene rings is 1. The number of rotatable bonds is 7. The third kappa shape index (κ3) is 5.59. The summed E-state index contributed by atoms with van der Waals surface area (Å²) in [7, 11) is -2.58. The highest BCUT2D eigenvalue weighted by molar-refractivity contribution is 7.89. The average Bonchev–Trinajstić information content (AvgIpc) is 2.66. The highest BCUT2D eigenvalue weighted by Gasteiger charge is 2.33. The smallest absolute Gasteiger partial charge is 0.343 e. The maximum atomic E-state index is 13.0. The lowest BCUT2D eigenvalue weighted by atomic mass is 9.98. The SMILES string of the molecule is COC(=O)COc1ccc(S(=O)(=O)N2CCCC(C(=O)NC(C)C)C2)cc1Cl. The molecule has 28 heavy (non-hydrogen) atoms. The molecule has 1 aliphatic heterocycles. The van der Waals surface area contributed by atoms with Crippen LogP contribution in [0.15, 0.2) is 23.1 Å². The van der Waals surface area contributed by atoms with Crippen LogP contribution in [0.5, 0.6) is 5.75 Å². The number of nitrogens with one attached hydrogen (secondary N) is 1. The minimum atomic E-state index is -3.81. The standard InChI is InChI=1S/C18H25ClN2O6S/c1-12(2)20-18(23)13-5-4-8-21(10-13)28(24,25)14-6-7-16(15(19)9-14)27-11-17(22)26-3/h6-7,9,12-13H,4-5,8,10-11H2,1-3H3,(H,20,23). The first-order valence-electron chi connectivity index (χ1n) is 8.95. The second-order valence-electron chi connectivity index (χ2n) is 6.82. The lowest BCUT2D eigenvalue weighted by Crippen LogP contribution is -2.46. The minimum Gasteiger partial charge on any atom is -0.480 e. The van der Waals surface area contributed by atoms with E-state index >= 15 is 0 Å². The molecule has 1 aliphatic rings. The van der Waals surface area contributed by atoms with E-state index in [0.29, 0.717) is 19.4 Å². The van der Waals surface area contributed by atoms with Gasteiger partial charge < -0.3 is 14.8 Å². The molecule has 1 fully saturated rings. The number of hydrogen-bond acceptors (Lipinski definition) is 6. The van der Waals surface area contributed by atoms with E-state index in [0.717, 1.165) is 0 Å². The fourth-order valence-electron chi connectivity index (χ4n) is 2.88. The summed E-state index contributed by atoms with van der Waals surface area (Å²) in [6.07, 6.45) is 1.25. The quantitative estimate of drug-likeness (QED) is 0.659. The highest BCUT2D eigenvalue weighted by Crippen LogP contribution is 2.30. The van der Waals surface area contributed by atoms with Gasteiger partial charge in [-0.05, 0) is 44.9 Å². The first-order chi connectivity index (χ1) is 13.1. The lowest BCUT2D eigenvalue weighted by Gasteiger charge is -2.31. The van der Waals surface area contributed by atoms with Gasteiger partial charge in [0.2, 0.25) is 15.9 Å². The number of sulfonamides is 1. The van der Waals surface area contributed by atoms with Crippen molar-refractivity contribution in [3.63, 3.8) is 0 Å². The molecule has 156 valence electrons. The average molecular weight is 433 g/mol. The Bertz CT molecular complexity index is 827. The fourth-order valence-corrected chi connectivity index (χ4v) is 4.73. The molecular formula is C18H25ClN2O6S. The maximum Gasteiger partial charge on any atom is 0.343 e. The summed E-state index contributed by atoms with van der Waals surface area (Å²) in [4.78, 5) is 23.4. The van der Waals surface area contributed by atoms with Crippen molar-refractivity contribution in [1.82, 2.24) is 9.62 Å². The number of hydrogen-bond donors (Lipinski definition) is 1. The molecule has 1 N–H and O–H groups in total. The molecule has 0 bridgehead atoms. The van der Waals surface area contributed by atoms with Crippen LogP contribution in [0.1, 0.15) is 26.7 Å². The number of nitrogens with zero attached hydrogens (tertiary/aromatic N) is 1. The van der Waals surface area contributed by atoms with Crippen molar-refractivity contribution in [3.8, 4) is 5.75 Å². The molecule has 1 amide bonds. The minimum absolute atomic E-state index is 0.00387. The Balaban J connectivity index is 2.14. The Labute approximate surface area is 170 Å². The molecule has 0 aliphatic carbocycles. The van der Waals surface area contributed by atoms with Crippen LogP contribution in [0, 0.1) is 5.92 Å². The van der Waals surface area contributed by atoms with Gasteiger partial charge in [-0.15, -0.1) is 0 Å². The van der Waals surface area contributed by atoms with Gasteiger partial charge in [0.25, 0.3) is 0 Å². The van der Waals surface area contributed by atoms with Gasteiger partial charge in [-0.2, -0.15) is 4.31 Å². The van der Waals surface area contributed by atoms with E-state index in [-0.39, 0.29) is 46.7 Å². The number of esters is 1. The van der Waals surface area contributed by atoms with E-state index in [1.807, 2.05) is 13.8 Å². The molecule has 10 heteroatoms. The summed E-state index contributed by atoms with van der Waals surface area (Å²) >= 11 is 6.11. The number of carbonyl (C=O) groups is 2.